The van der Waals surface area contributed by atoms with Crippen molar-refractivity contribution < 1.29 is 0 Å². The number of halogens is 1. The molecule has 0 aliphatic carbocycles. The number of pyridine rings is 1. The Morgan fingerprint density at radius 1 is 1.13 bits per heavy atom. The topological polar surface area (TPSA) is 24.9 Å². The van der Waals surface area contributed by atoms with Gasteiger partial charge in [-0.2, -0.15) is 0 Å². The maximum atomic E-state index is 4.37. The molecule has 0 amide bonds. The van der Waals surface area contributed by atoms with Crippen LogP contribution < -0.4 is 5.32 Å². The van der Waals surface area contributed by atoms with Crippen LogP contribution in [0.4, 0.5) is 11.5 Å². The largest absolute Gasteiger partial charge is 0.340 e. The van der Waals surface area contributed by atoms with Crippen LogP contribution in [0.2, 0.25) is 0 Å². The van der Waals surface area contributed by atoms with Crippen LogP contribution in [0.15, 0.2) is 46.9 Å². The zero-order valence-corrected chi connectivity index (χ0v) is 9.95. The Morgan fingerprint density at radius 3 is 2.67 bits per heavy atom. The van der Waals surface area contributed by atoms with E-state index in [1.807, 2.05) is 49.4 Å². The van der Waals surface area contributed by atoms with Crippen molar-refractivity contribution in [3.05, 3.63) is 52.6 Å². The second-order valence-electron chi connectivity index (χ2n) is 3.30. The number of hydrogen-bond donors (Lipinski definition) is 1. The highest BCUT2D eigenvalue weighted by Gasteiger charge is 1.96. The Kier molecular flexibility index (Phi) is 3.02. The Balaban J connectivity index is 2.22. The summed E-state index contributed by atoms with van der Waals surface area (Å²) in [5.41, 5.74) is 2.04. The van der Waals surface area contributed by atoms with E-state index >= 15 is 0 Å². The minimum Gasteiger partial charge on any atom is -0.340 e. The van der Waals surface area contributed by atoms with E-state index in [2.05, 4.69) is 26.2 Å². The number of aromatic nitrogens is 1. The van der Waals surface area contributed by atoms with Crippen LogP contribution >= 0.6 is 15.9 Å². The lowest BCUT2D eigenvalue weighted by molar-refractivity contribution is 1.20. The molecule has 1 heterocycles. The van der Waals surface area contributed by atoms with Crippen molar-refractivity contribution in [2.75, 3.05) is 5.32 Å². The second kappa shape index (κ2) is 4.45. The van der Waals surface area contributed by atoms with Gasteiger partial charge in [0.15, 0.2) is 0 Å². The van der Waals surface area contributed by atoms with E-state index in [0.29, 0.717) is 0 Å². The number of hydrogen-bond acceptors (Lipinski definition) is 2. The van der Waals surface area contributed by atoms with Gasteiger partial charge in [0.05, 0.1) is 0 Å². The maximum absolute atomic E-state index is 4.37. The summed E-state index contributed by atoms with van der Waals surface area (Å²) in [4.78, 5) is 4.37. The van der Waals surface area contributed by atoms with Crippen LogP contribution in [0, 0.1) is 6.92 Å². The molecule has 2 nitrogen and oxygen atoms in total. The van der Waals surface area contributed by atoms with Crippen molar-refractivity contribution in [1.82, 2.24) is 4.98 Å². The van der Waals surface area contributed by atoms with Crippen molar-refractivity contribution in [2.45, 2.75) is 6.92 Å². The Labute approximate surface area is 97.5 Å². The summed E-state index contributed by atoms with van der Waals surface area (Å²) in [6.07, 6.45) is 0. The summed E-state index contributed by atoms with van der Waals surface area (Å²) in [7, 11) is 0. The van der Waals surface area contributed by atoms with Gasteiger partial charge in [-0.3, -0.25) is 0 Å². The summed E-state index contributed by atoms with van der Waals surface area (Å²) in [5.74, 6) is 0.869. The third kappa shape index (κ3) is 2.80. The Hall–Kier alpha value is -1.35. The van der Waals surface area contributed by atoms with Gasteiger partial charge in [-0.15, -0.1) is 0 Å². The van der Waals surface area contributed by atoms with Gasteiger partial charge in [-0.1, -0.05) is 28.1 Å². The van der Waals surface area contributed by atoms with Gasteiger partial charge in [0, 0.05) is 15.9 Å². The molecule has 0 saturated carbocycles. The van der Waals surface area contributed by atoms with E-state index in [0.717, 1.165) is 21.7 Å². The monoisotopic (exact) mass is 262 g/mol. The van der Waals surface area contributed by atoms with Crippen LogP contribution in [0.25, 0.3) is 0 Å². The van der Waals surface area contributed by atoms with Crippen LogP contribution in [0.1, 0.15) is 5.69 Å². The first-order chi connectivity index (χ1) is 7.24. The summed E-state index contributed by atoms with van der Waals surface area (Å²) < 4.78 is 1.06. The maximum Gasteiger partial charge on any atom is 0.130 e. The molecular formula is C12H11BrN2. The van der Waals surface area contributed by atoms with E-state index in [1.165, 1.54) is 0 Å². The summed E-state index contributed by atoms with van der Waals surface area (Å²) in [5, 5.41) is 3.24. The van der Waals surface area contributed by atoms with Gasteiger partial charge in [-0.25, -0.2) is 4.98 Å². The van der Waals surface area contributed by atoms with Gasteiger partial charge < -0.3 is 5.32 Å². The number of anilines is 2. The molecule has 0 spiro atoms. The van der Waals surface area contributed by atoms with Gasteiger partial charge in [0.2, 0.25) is 0 Å². The molecule has 0 bridgehead atoms. The number of nitrogens with zero attached hydrogens (tertiary/aromatic N) is 1. The molecule has 1 N–H and O–H groups in total. The molecule has 2 rings (SSSR count). The summed E-state index contributed by atoms with van der Waals surface area (Å²) >= 11 is 3.43. The van der Waals surface area contributed by atoms with E-state index in [1.54, 1.807) is 0 Å². The predicted molar refractivity (Wildman–Crippen MR) is 66.4 cm³/mol. The molecule has 0 radical (unpaired) electrons. The molecule has 2 aromatic rings. The minimum atomic E-state index is 0.869. The SMILES string of the molecule is Cc1cccc(Nc2cccc(Br)c2)n1. The van der Waals surface area contributed by atoms with Crippen LogP contribution in [-0.2, 0) is 0 Å². The van der Waals surface area contributed by atoms with Crippen molar-refractivity contribution in [1.29, 1.82) is 0 Å². The van der Waals surface area contributed by atoms with Crippen LogP contribution in [0.5, 0.6) is 0 Å². The molecule has 3 heteroatoms. The van der Waals surface area contributed by atoms with Gasteiger partial charge in [-0.05, 0) is 37.3 Å². The number of aryl methyl sites for hydroxylation is 1. The first kappa shape index (κ1) is 10.2. The Morgan fingerprint density at radius 2 is 1.93 bits per heavy atom. The highest BCUT2D eigenvalue weighted by atomic mass is 79.9. The molecule has 1 aromatic carbocycles. The molecule has 1 aromatic heterocycles. The lowest BCUT2D eigenvalue weighted by atomic mass is 10.3. The third-order valence-electron chi connectivity index (χ3n) is 1.99. The fourth-order valence-electron chi connectivity index (χ4n) is 1.33. The third-order valence-corrected chi connectivity index (χ3v) is 2.48. The molecule has 0 aliphatic rings. The first-order valence-corrected chi connectivity index (χ1v) is 5.49. The highest BCUT2D eigenvalue weighted by Crippen LogP contribution is 2.19. The zero-order chi connectivity index (χ0) is 10.7. The van der Waals surface area contributed by atoms with Gasteiger partial charge in [0.25, 0.3) is 0 Å². The van der Waals surface area contributed by atoms with E-state index in [9.17, 15) is 0 Å². The Bertz CT molecular complexity index is 425. The molecule has 0 aliphatic heterocycles. The lowest BCUT2D eigenvalue weighted by Crippen LogP contribution is -1.93. The van der Waals surface area contributed by atoms with Crippen molar-refractivity contribution >= 4 is 27.4 Å². The zero-order valence-electron chi connectivity index (χ0n) is 8.37. The predicted octanol–water partition coefficient (Wildman–Crippen LogP) is 3.90. The molecule has 15 heavy (non-hydrogen) atoms. The minimum absolute atomic E-state index is 0.869. The number of nitrogens with one attached hydrogen (secondary N) is 1. The summed E-state index contributed by atoms with van der Waals surface area (Å²) in [6.45, 7) is 1.98. The second-order valence-corrected chi connectivity index (χ2v) is 4.22. The van der Waals surface area contributed by atoms with E-state index < -0.39 is 0 Å². The van der Waals surface area contributed by atoms with E-state index in [4.69, 9.17) is 0 Å². The summed E-state index contributed by atoms with van der Waals surface area (Å²) in [6, 6.07) is 13.9. The number of rotatable bonds is 2. The highest BCUT2D eigenvalue weighted by molar-refractivity contribution is 9.10. The fourth-order valence-corrected chi connectivity index (χ4v) is 1.73. The lowest BCUT2D eigenvalue weighted by Gasteiger charge is -2.06. The van der Waals surface area contributed by atoms with Crippen molar-refractivity contribution in [2.24, 2.45) is 0 Å². The van der Waals surface area contributed by atoms with E-state index in [-0.39, 0.29) is 0 Å². The average molecular weight is 263 g/mol. The van der Waals surface area contributed by atoms with Crippen LogP contribution in [-0.4, -0.2) is 4.98 Å². The molecule has 0 atom stereocenters. The standard InChI is InChI=1S/C12H11BrN2/c1-9-4-2-7-12(14-9)15-11-6-3-5-10(13)8-11/h2-8H,1H3,(H,14,15). The first-order valence-electron chi connectivity index (χ1n) is 4.70. The average Bonchev–Trinajstić information content (AvgIpc) is 2.17. The smallest absolute Gasteiger partial charge is 0.130 e. The molecule has 76 valence electrons. The quantitative estimate of drug-likeness (QED) is 0.888. The van der Waals surface area contributed by atoms with Crippen molar-refractivity contribution in [3.8, 4) is 0 Å². The molecule has 0 fully saturated rings. The fraction of sp³-hybridized carbons (Fsp3) is 0.0833. The van der Waals surface area contributed by atoms with Crippen molar-refractivity contribution in [3.63, 3.8) is 0 Å². The normalized spacial score (nSPS) is 10.0. The number of benzene rings is 1. The molecular weight excluding hydrogens is 252 g/mol. The molecule has 0 unspecified atom stereocenters. The van der Waals surface area contributed by atoms with Gasteiger partial charge in [0.1, 0.15) is 5.82 Å². The molecule has 0 saturated heterocycles. The van der Waals surface area contributed by atoms with Gasteiger partial charge >= 0.3 is 0 Å². The van der Waals surface area contributed by atoms with Crippen LogP contribution in [0.3, 0.4) is 0 Å².